The first kappa shape index (κ1) is 18.6. The third kappa shape index (κ3) is 2.95. The van der Waals surface area contributed by atoms with Gasteiger partial charge in [-0.15, -0.1) is 0 Å². The highest BCUT2D eigenvalue weighted by Crippen LogP contribution is 2.61. The zero-order chi connectivity index (χ0) is 20.2. The molecule has 0 spiro atoms. The van der Waals surface area contributed by atoms with Crippen molar-refractivity contribution in [2.75, 3.05) is 0 Å². The lowest BCUT2D eigenvalue weighted by molar-refractivity contribution is 0.288. The van der Waals surface area contributed by atoms with Crippen LogP contribution in [0.25, 0.3) is 32.7 Å². The van der Waals surface area contributed by atoms with Crippen LogP contribution in [0.15, 0.2) is 72.8 Å². The molecule has 4 aromatic carbocycles. The van der Waals surface area contributed by atoms with Gasteiger partial charge in [0.15, 0.2) is 0 Å². The van der Waals surface area contributed by atoms with Crippen LogP contribution in [0.1, 0.15) is 34.1 Å². The number of hydrogen-bond donors (Lipinski definition) is 0. The van der Waals surface area contributed by atoms with Crippen molar-refractivity contribution in [3.05, 3.63) is 72.8 Å². The SMILES string of the molecule is CC[C@@H]1Oc2cccc(-c3c4ccccc4cc4ccccc34)c2P1C(C)(C)C. The number of fused-ring (bicyclic) bond motifs is 3. The largest absolute Gasteiger partial charge is 0.485 e. The van der Waals surface area contributed by atoms with Crippen LogP contribution in [0.3, 0.4) is 0 Å². The predicted molar refractivity (Wildman–Crippen MR) is 128 cm³/mol. The number of ether oxygens (including phenoxy) is 1. The van der Waals surface area contributed by atoms with Gasteiger partial charge in [0, 0.05) is 5.30 Å². The van der Waals surface area contributed by atoms with E-state index in [-0.39, 0.29) is 5.16 Å². The van der Waals surface area contributed by atoms with Crippen molar-refractivity contribution in [2.24, 2.45) is 0 Å². The first-order chi connectivity index (χ1) is 14.0. The van der Waals surface area contributed by atoms with Gasteiger partial charge in [-0.25, -0.2) is 0 Å². The van der Waals surface area contributed by atoms with E-state index in [0.717, 1.165) is 12.2 Å². The molecule has 0 N–H and O–H groups in total. The maximum Gasteiger partial charge on any atom is 0.128 e. The lowest BCUT2D eigenvalue weighted by Crippen LogP contribution is -2.24. The van der Waals surface area contributed by atoms with Gasteiger partial charge in [-0.3, -0.25) is 0 Å². The van der Waals surface area contributed by atoms with E-state index in [0.29, 0.717) is 5.85 Å². The Kier molecular flexibility index (Phi) is 4.41. The molecule has 0 aliphatic carbocycles. The van der Waals surface area contributed by atoms with Gasteiger partial charge in [0.2, 0.25) is 0 Å². The molecular weight excluding hydrogens is 371 g/mol. The second-order valence-corrected chi connectivity index (χ2v) is 12.0. The summed E-state index contributed by atoms with van der Waals surface area (Å²) in [5.74, 6) is 1.38. The van der Waals surface area contributed by atoms with Gasteiger partial charge in [0.1, 0.15) is 11.6 Å². The first-order valence-corrected chi connectivity index (χ1v) is 11.9. The summed E-state index contributed by atoms with van der Waals surface area (Å²) < 4.78 is 6.51. The molecule has 1 nitrogen and oxygen atoms in total. The number of benzene rings is 4. The summed E-state index contributed by atoms with van der Waals surface area (Å²) in [6.07, 6.45) is 1.05. The van der Waals surface area contributed by atoms with E-state index in [9.17, 15) is 0 Å². The zero-order valence-corrected chi connectivity index (χ0v) is 18.5. The first-order valence-electron chi connectivity index (χ1n) is 10.5. The van der Waals surface area contributed by atoms with Crippen LogP contribution in [0.5, 0.6) is 5.75 Å². The Labute approximate surface area is 174 Å². The summed E-state index contributed by atoms with van der Waals surface area (Å²) in [6, 6.07) is 26.5. The molecule has 0 saturated heterocycles. The third-order valence-electron chi connectivity index (χ3n) is 5.90. The van der Waals surface area contributed by atoms with Crippen LogP contribution in [-0.4, -0.2) is 11.0 Å². The van der Waals surface area contributed by atoms with Crippen molar-refractivity contribution in [2.45, 2.75) is 45.1 Å². The fourth-order valence-corrected chi connectivity index (χ4v) is 7.97. The number of rotatable bonds is 2. The molecule has 1 unspecified atom stereocenters. The predicted octanol–water partition coefficient (Wildman–Crippen LogP) is 7.69. The standard InChI is InChI=1S/C27H27OP/c1-5-24-28-23-16-10-15-22(26(23)29(24)27(2,3)4)25-20-13-8-6-11-18(20)17-19-12-7-9-14-21(19)25/h6-17,24H,5H2,1-4H3/t24-,29?/m1/s1. The van der Waals surface area contributed by atoms with E-state index >= 15 is 0 Å². The molecule has 1 aliphatic rings. The molecule has 0 saturated carbocycles. The summed E-state index contributed by atoms with van der Waals surface area (Å²) in [4.78, 5) is 0. The average Bonchev–Trinajstić information content (AvgIpc) is 3.11. The van der Waals surface area contributed by atoms with Crippen LogP contribution < -0.4 is 10.0 Å². The van der Waals surface area contributed by atoms with E-state index in [1.54, 1.807) is 0 Å². The van der Waals surface area contributed by atoms with Crippen LogP contribution in [0, 0.1) is 0 Å². The molecule has 29 heavy (non-hydrogen) atoms. The average molecular weight is 398 g/mol. The molecule has 0 bridgehead atoms. The fraction of sp³-hybridized carbons (Fsp3) is 0.259. The van der Waals surface area contributed by atoms with Crippen molar-refractivity contribution < 1.29 is 4.74 Å². The third-order valence-corrected chi connectivity index (χ3v) is 9.34. The van der Waals surface area contributed by atoms with Gasteiger partial charge >= 0.3 is 0 Å². The van der Waals surface area contributed by atoms with Crippen LogP contribution in [0.4, 0.5) is 0 Å². The Hall–Kier alpha value is -2.37. The molecule has 2 heteroatoms. The van der Waals surface area contributed by atoms with Gasteiger partial charge in [0.05, 0.1) is 0 Å². The highest BCUT2D eigenvalue weighted by atomic mass is 31.1. The molecule has 1 heterocycles. The smallest absolute Gasteiger partial charge is 0.128 e. The summed E-state index contributed by atoms with van der Waals surface area (Å²) in [5.41, 5.74) is 2.71. The molecule has 0 amide bonds. The van der Waals surface area contributed by atoms with E-state index in [1.165, 1.54) is 38.0 Å². The lowest BCUT2D eigenvalue weighted by atomic mass is 9.92. The van der Waals surface area contributed by atoms with E-state index in [4.69, 9.17) is 4.74 Å². The molecule has 0 fully saturated rings. The highest BCUT2D eigenvalue weighted by Gasteiger charge is 2.42. The Bertz CT molecular complexity index is 1160. The summed E-state index contributed by atoms with van der Waals surface area (Å²) in [6.45, 7) is 9.37. The molecule has 0 aromatic heterocycles. The molecule has 1 aliphatic heterocycles. The highest BCUT2D eigenvalue weighted by molar-refractivity contribution is 7.68. The summed E-state index contributed by atoms with van der Waals surface area (Å²) in [7, 11) is -0.443. The molecule has 5 rings (SSSR count). The van der Waals surface area contributed by atoms with Gasteiger partial charge in [0.25, 0.3) is 0 Å². The summed E-state index contributed by atoms with van der Waals surface area (Å²) in [5, 5.41) is 6.88. The molecule has 146 valence electrons. The second kappa shape index (κ2) is 6.85. The van der Waals surface area contributed by atoms with Gasteiger partial charge < -0.3 is 4.74 Å². The van der Waals surface area contributed by atoms with Gasteiger partial charge in [-0.05, 0) is 64.3 Å². The zero-order valence-electron chi connectivity index (χ0n) is 17.6. The fourth-order valence-electron chi connectivity index (χ4n) is 4.75. The van der Waals surface area contributed by atoms with E-state index < -0.39 is 7.92 Å². The van der Waals surface area contributed by atoms with Crippen molar-refractivity contribution in [1.82, 2.24) is 0 Å². The summed E-state index contributed by atoms with van der Waals surface area (Å²) >= 11 is 0. The topological polar surface area (TPSA) is 9.23 Å². The van der Waals surface area contributed by atoms with E-state index in [1.807, 2.05) is 0 Å². The van der Waals surface area contributed by atoms with Crippen LogP contribution >= 0.6 is 7.92 Å². The minimum atomic E-state index is -0.443. The van der Waals surface area contributed by atoms with Gasteiger partial charge in [-0.1, -0.05) is 88.4 Å². The van der Waals surface area contributed by atoms with Crippen molar-refractivity contribution in [3.63, 3.8) is 0 Å². The maximum absolute atomic E-state index is 6.51. The van der Waals surface area contributed by atoms with E-state index in [2.05, 4.69) is 100 Å². The quantitative estimate of drug-likeness (QED) is 0.248. The van der Waals surface area contributed by atoms with Gasteiger partial charge in [-0.2, -0.15) is 0 Å². The van der Waals surface area contributed by atoms with Crippen molar-refractivity contribution in [3.8, 4) is 16.9 Å². The Morgan fingerprint density at radius 3 is 2.03 bits per heavy atom. The van der Waals surface area contributed by atoms with Crippen LogP contribution in [-0.2, 0) is 0 Å². The van der Waals surface area contributed by atoms with Crippen molar-refractivity contribution >= 4 is 34.8 Å². The molecule has 0 radical (unpaired) electrons. The Balaban J connectivity index is 1.90. The van der Waals surface area contributed by atoms with Crippen molar-refractivity contribution in [1.29, 1.82) is 0 Å². The normalized spacial score (nSPS) is 18.8. The Morgan fingerprint density at radius 2 is 1.45 bits per heavy atom. The number of hydrogen-bond acceptors (Lipinski definition) is 1. The Morgan fingerprint density at radius 1 is 0.828 bits per heavy atom. The second-order valence-electron chi connectivity index (χ2n) is 8.87. The van der Waals surface area contributed by atoms with Crippen LogP contribution in [0.2, 0.25) is 0 Å². The minimum Gasteiger partial charge on any atom is -0.485 e. The molecule has 4 aromatic rings. The minimum absolute atomic E-state index is 0.192. The monoisotopic (exact) mass is 398 g/mol. The maximum atomic E-state index is 6.51. The molecule has 2 atom stereocenters. The molecular formula is C27H27OP. The lowest BCUT2D eigenvalue weighted by Gasteiger charge is -2.32.